The van der Waals surface area contributed by atoms with Crippen molar-refractivity contribution in [2.45, 2.75) is 84.2 Å². The molecule has 20 heavy (non-hydrogen) atoms. The molecule has 0 radical (unpaired) electrons. The lowest BCUT2D eigenvalue weighted by Crippen LogP contribution is -2.54. The minimum Gasteiger partial charge on any atom is -0.351 e. The number of nitrogens with one attached hydrogen (secondary N) is 2. The van der Waals surface area contributed by atoms with E-state index in [4.69, 9.17) is 0 Å². The maximum Gasteiger partial charge on any atom is 0.220 e. The Hall–Kier alpha value is -1.06. The van der Waals surface area contributed by atoms with Crippen LogP contribution in [0.15, 0.2) is 0 Å². The molecule has 0 aromatic rings. The summed E-state index contributed by atoms with van der Waals surface area (Å²) in [6.45, 7) is 10.1. The lowest BCUT2D eigenvalue weighted by atomic mass is 9.70. The van der Waals surface area contributed by atoms with E-state index in [-0.39, 0.29) is 22.9 Å². The van der Waals surface area contributed by atoms with E-state index < -0.39 is 0 Å². The Labute approximate surface area is 123 Å². The minimum atomic E-state index is -0.164. The maximum absolute atomic E-state index is 11.6. The SMILES string of the molecule is CCC(=O)NC1(C)CCC(C(C)(C)NC(=O)CC)CC1. The molecule has 0 bridgehead atoms. The highest BCUT2D eigenvalue weighted by atomic mass is 16.2. The smallest absolute Gasteiger partial charge is 0.220 e. The van der Waals surface area contributed by atoms with Gasteiger partial charge >= 0.3 is 0 Å². The van der Waals surface area contributed by atoms with Crippen LogP contribution in [0.5, 0.6) is 0 Å². The van der Waals surface area contributed by atoms with Crippen molar-refractivity contribution < 1.29 is 9.59 Å². The third kappa shape index (κ3) is 4.50. The summed E-state index contributed by atoms with van der Waals surface area (Å²) in [6, 6.07) is 0. The van der Waals surface area contributed by atoms with Crippen molar-refractivity contribution in [2.75, 3.05) is 0 Å². The number of hydrogen-bond donors (Lipinski definition) is 2. The summed E-state index contributed by atoms with van der Waals surface area (Å²) in [5.41, 5.74) is -0.238. The first kappa shape index (κ1) is 17.0. The summed E-state index contributed by atoms with van der Waals surface area (Å²) in [4.78, 5) is 23.2. The molecule has 4 heteroatoms. The van der Waals surface area contributed by atoms with Crippen LogP contribution in [0, 0.1) is 5.92 Å². The zero-order valence-corrected chi connectivity index (χ0v) is 13.6. The van der Waals surface area contributed by atoms with Gasteiger partial charge in [-0.2, -0.15) is 0 Å². The molecule has 2 amide bonds. The number of carbonyl (C=O) groups excluding carboxylic acids is 2. The Bertz CT molecular complexity index is 355. The lowest BCUT2D eigenvalue weighted by Gasteiger charge is -2.44. The number of amides is 2. The fourth-order valence-electron chi connectivity index (χ4n) is 3.08. The van der Waals surface area contributed by atoms with Gasteiger partial charge in [0.05, 0.1) is 0 Å². The highest BCUT2D eigenvalue weighted by molar-refractivity contribution is 5.76. The normalized spacial score (nSPS) is 26.9. The molecule has 0 heterocycles. The molecule has 0 aliphatic heterocycles. The van der Waals surface area contributed by atoms with Gasteiger partial charge < -0.3 is 10.6 Å². The molecule has 1 aliphatic rings. The van der Waals surface area contributed by atoms with Crippen LogP contribution in [0.4, 0.5) is 0 Å². The first-order valence-electron chi connectivity index (χ1n) is 7.84. The Balaban J connectivity index is 2.56. The molecular formula is C16H30N2O2. The van der Waals surface area contributed by atoms with Crippen LogP contribution in [0.25, 0.3) is 0 Å². The number of carbonyl (C=O) groups is 2. The van der Waals surface area contributed by atoms with Gasteiger partial charge in [-0.15, -0.1) is 0 Å². The summed E-state index contributed by atoms with van der Waals surface area (Å²) < 4.78 is 0. The molecule has 0 unspecified atom stereocenters. The van der Waals surface area contributed by atoms with Crippen LogP contribution < -0.4 is 10.6 Å². The Morgan fingerprint density at radius 1 is 1.10 bits per heavy atom. The fourth-order valence-corrected chi connectivity index (χ4v) is 3.08. The van der Waals surface area contributed by atoms with E-state index in [9.17, 15) is 9.59 Å². The van der Waals surface area contributed by atoms with E-state index >= 15 is 0 Å². The Morgan fingerprint density at radius 3 is 2.05 bits per heavy atom. The Morgan fingerprint density at radius 2 is 1.60 bits per heavy atom. The monoisotopic (exact) mass is 282 g/mol. The summed E-state index contributed by atoms with van der Waals surface area (Å²) in [7, 11) is 0. The van der Waals surface area contributed by atoms with Gasteiger partial charge in [-0.3, -0.25) is 9.59 Å². The van der Waals surface area contributed by atoms with Crippen LogP contribution in [0.1, 0.15) is 73.1 Å². The van der Waals surface area contributed by atoms with Gasteiger partial charge in [0, 0.05) is 23.9 Å². The van der Waals surface area contributed by atoms with Gasteiger partial charge in [-0.05, 0) is 52.4 Å². The highest BCUT2D eigenvalue weighted by Crippen LogP contribution is 2.37. The molecule has 0 saturated heterocycles. The predicted octanol–water partition coefficient (Wildman–Crippen LogP) is 2.77. The number of hydrogen-bond acceptors (Lipinski definition) is 2. The van der Waals surface area contributed by atoms with Crippen molar-refractivity contribution in [3.05, 3.63) is 0 Å². The summed E-state index contributed by atoms with van der Waals surface area (Å²) in [5, 5.41) is 6.27. The van der Waals surface area contributed by atoms with Crippen molar-refractivity contribution in [1.29, 1.82) is 0 Å². The van der Waals surface area contributed by atoms with Gasteiger partial charge in [-0.25, -0.2) is 0 Å². The summed E-state index contributed by atoms with van der Waals surface area (Å²) in [6.07, 6.45) is 5.11. The van der Waals surface area contributed by atoms with Gasteiger partial charge in [0.2, 0.25) is 11.8 Å². The first-order chi connectivity index (χ1) is 9.22. The second kappa shape index (κ2) is 6.59. The second-order valence-corrected chi connectivity index (χ2v) is 6.86. The molecular weight excluding hydrogens is 252 g/mol. The standard InChI is InChI=1S/C16H30N2O2/c1-6-13(19)17-15(3,4)12-8-10-16(5,11-9-12)18-14(20)7-2/h12H,6-11H2,1-5H3,(H,17,19)(H,18,20). The molecule has 0 aromatic carbocycles. The van der Waals surface area contributed by atoms with Crippen LogP contribution in [0.2, 0.25) is 0 Å². The van der Waals surface area contributed by atoms with Crippen LogP contribution in [-0.2, 0) is 9.59 Å². The molecule has 0 aromatic heterocycles. The predicted molar refractivity (Wildman–Crippen MR) is 81.3 cm³/mol. The zero-order valence-electron chi connectivity index (χ0n) is 13.6. The van der Waals surface area contributed by atoms with E-state index in [1.165, 1.54) is 0 Å². The average Bonchev–Trinajstić information content (AvgIpc) is 2.38. The topological polar surface area (TPSA) is 58.2 Å². The minimum absolute atomic E-state index is 0.0750. The third-order valence-corrected chi connectivity index (χ3v) is 4.65. The molecule has 0 atom stereocenters. The van der Waals surface area contributed by atoms with Gasteiger partial charge in [0.1, 0.15) is 0 Å². The largest absolute Gasteiger partial charge is 0.351 e. The molecule has 1 saturated carbocycles. The summed E-state index contributed by atoms with van der Waals surface area (Å²) in [5.74, 6) is 0.719. The molecule has 2 N–H and O–H groups in total. The van der Waals surface area contributed by atoms with Crippen LogP contribution >= 0.6 is 0 Å². The van der Waals surface area contributed by atoms with Crippen molar-refractivity contribution >= 4 is 11.8 Å². The molecule has 1 rings (SSSR count). The van der Waals surface area contributed by atoms with Crippen molar-refractivity contribution in [2.24, 2.45) is 5.92 Å². The molecule has 4 nitrogen and oxygen atoms in total. The Kier molecular flexibility index (Phi) is 5.60. The van der Waals surface area contributed by atoms with E-state index in [0.717, 1.165) is 25.7 Å². The van der Waals surface area contributed by atoms with Gasteiger partial charge in [-0.1, -0.05) is 13.8 Å². The van der Waals surface area contributed by atoms with Gasteiger partial charge in [0.15, 0.2) is 0 Å². The molecule has 1 aliphatic carbocycles. The molecule has 116 valence electrons. The molecule has 1 fully saturated rings. The zero-order chi connectivity index (χ0) is 15.4. The van der Waals surface area contributed by atoms with Gasteiger partial charge in [0.25, 0.3) is 0 Å². The van der Waals surface area contributed by atoms with E-state index in [1.807, 2.05) is 13.8 Å². The fraction of sp³-hybridized carbons (Fsp3) is 0.875. The number of rotatable bonds is 5. The second-order valence-electron chi connectivity index (χ2n) is 6.86. The summed E-state index contributed by atoms with van der Waals surface area (Å²) >= 11 is 0. The quantitative estimate of drug-likeness (QED) is 0.814. The van der Waals surface area contributed by atoms with Crippen molar-refractivity contribution in [3.8, 4) is 0 Å². The third-order valence-electron chi connectivity index (χ3n) is 4.65. The van der Waals surface area contributed by atoms with E-state index in [0.29, 0.717) is 18.8 Å². The average molecular weight is 282 g/mol. The van der Waals surface area contributed by atoms with Crippen LogP contribution in [-0.4, -0.2) is 22.9 Å². The van der Waals surface area contributed by atoms with Crippen molar-refractivity contribution in [1.82, 2.24) is 10.6 Å². The maximum atomic E-state index is 11.6. The van der Waals surface area contributed by atoms with E-state index in [1.54, 1.807) is 0 Å². The highest BCUT2D eigenvalue weighted by Gasteiger charge is 2.38. The first-order valence-corrected chi connectivity index (χ1v) is 7.84. The lowest BCUT2D eigenvalue weighted by molar-refractivity contribution is -0.123. The van der Waals surface area contributed by atoms with E-state index in [2.05, 4.69) is 31.4 Å². The van der Waals surface area contributed by atoms with Crippen molar-refractivity contribution in [3.63, 3.8) is 0 Å². The molecule has 0 spiro atoms. The van der Waals surface area contributed by atoms with Crippen LogP contribution in [0.3, 0.4) is 0 Å².